The van der Waals surface area contributed by atoms with Crippen molar-refractivity contribution < 1.29 is 13.9 Å². The minimum atomic E-state index is -0.462. The van der Waals surface area contributed by atoms with Crippen molar-refractivity contribution in [1.82, 2.24) is 9.47 Å². The summed E-state index contributed by atoms with van der Waals surface area (Å²) in [4.78, 5) is 38.6. The predicted octanol–water partition coefficient (Wildman–Crippen LogP) is 2.67. The molecule has 0 saturated carbocycles. The van der Waals surface area contributed by atoms with Crippen molar-refractivity contribution in [2.24, 2.45) is 7.05 Å². The van der Waals surface area contributed by atoms with Gasteiger partial charge in [0, 0.05) is 43.9 Å². The fourth-order valence-electron chi connectivity index (χ4n) is 3.47. The van der Waals surface area contributed by atoms with Crippen LogP contribution in [0, 0.1) is 6.92 Å². The summed E-state index contributed by atoms with van der Waals surface area (Å²) in [6.45, 7) is 2.63. The molecule has 7 nitrogen and oxygen atoms in total. The molecule has 8 heteroatoms. The molecule has 0 aliphatic carbocycles. The molecule has 3 aromatic heterocycles. The highest BCUT2D eigenvalue weighted by Gasteiger charge is 2.30. The highest BCUT2D eigenvalue weighted by molar-refractivity contribution is 7.08. The monoisotopic (exact) mass is 412 g/mol. The van der Waals surface area contributed by atoms with Gasteiger partial charge >= 0.3 is 5.63 Å². The average Bonchev–Trinajstić information content (AvgIpc) is 3.34. The van der Waals surface area contributed by atoms with Crippen molar-refractivity contribution in [1.29, 1.82) is 0 Å². The summed E-state index contributed by atoms with van der Waals surface area (Å²) in [5.41, 5.74) is 1.36. The van der Waals surface area contributed by atoms with Crippen LogP contribution in [0.15, 0.2) is 55.2 Å². The fraction of sp³-hybridized carbons (Fsp3) is 0.286. The van der Waals surface area contributed by atoms with E-state index in [1.165, 1.54) is 28.0 Å². The van der Waals surface area contributed by atoms with Crippen LogP contribution in [0.5, 0.6) is 5.75 Å². The van der Waals surface area contributed by atoms with Crippen LogP contribution >= 0.6 is 11.3 Å². The first kappa shape index (κ1) is 19.2. The number of aromatic nitrogens is 1. The Morgan fingerprint density at radius 1 is 1.28 bits per heavy atom. The molecule has 1 aliphatic rings. The van der Waals surface area contributed by atoms with E-state index in [1.807, 2.05) is 16.8 Å². The van der Waals surface area contributed by atoms with Crippen molar-refractivity contribution >= 4 is 17.2 Å². The first-order valence-corrected chi connectivity index (χ1v) is 10.2. The fourth-order valence-corrected chi connectivity index (χ4v) is 4.13. The Labute approximate surface area is 170 Å². The summed E-state index contributed by atoms with van der Waals surface area (Å²) < 4.78 is 12.2. The van der Waals surface area contributed by atoms with E-state index in [-0.39, 0.29) is 17.6 Å². The van der Waals surface area contributed by atoms with Gasteiger partial charge in [0.25, 0.3) is 11.5 Å². The van der Waals surface area contributed by atoms with Crippen molar-refractivity contribution in [2.45, 2.75) is 19.4 Å². The molecule has 150 valence electrons. The van der Waals surface area contributed by atoms with E-state index in [4.69, 9.17) is 9.15 Å². The van der Waals surface area contributed by atoms with Gasteiger partial charge in [0.1, 0.15) is 17.6 Å². The smallest absolute Gasteiger partial charge is 0.339 e. The molecule has 1 amide bonds. The zero-order valence-electron chi connectivity index (χ0n) is 16.1. The molecule has 0 N–H and O–H groups in total. The summed E-state index contributed by atoms with van der Waals surface area (Å²) in [5.74, 6) is 0.778. The Hall–Kier alpha value is -3.13. The summed E-state index contributed by atoms with van der Waals surface area (Å²) >= 11 is 1.51. The molecular weight excluding hydrogens is 392 g/mol. The van der Waals surface area contributed by atoms with Crippen molar-refractivity contribution in [3.63, 3.8) is 0 Å². The van der Waals surface area contributed by atoms with Gasteiger partial charge in [-0.3, -0.25) is 9.59 Å². The molecule has 0 bridgehead atoms. The lowest BCUT2D eigenvalue weighted by Gasteiger charge is -2.19. The number of ether oxygens (including phenoxy) is 1. The number of hydrogen-bond acceptors (Lipinski definition) is 6. The Kier molecular flexibility index (Phi) is 5.10. The van der Waals surface area contributed by atoms with E-state index in [0.29, 0.717) is 42.1 Å². The number of hydrogen-bond donors (Lipinski definition) is 0. The summed E-state index contributed by atoms with van der Waals surface area (Å²) in [6, 6.07) is 6.37. The second-order valence-electron chi connectivity index (χ2n) is 7.06. The Morgan fingerprint density at radius 3 is 2.83 bits per heavy atom. The first-order chi connectivity index (χ1) is 13.9. The Morgan fingerprint density at radius 2 is 2.10 bits per heavy atom. The van der Waals surface area contributed by atoms with Gasteiger partial charge in [0.15, 0.2) is 0 Å². The van der Waals surface area contributed by atoms with Gasteiger partial charge in [-0.25, -0.2) is 4.79 Å². The molecule has 0 radical (unpaired) electrons. The molecular formula is C21H20N2O5S. The van der Waals surface area contributed by atoms with E-state index in [9.17, 15) is 14.4 Å². The lowest BCUT2D eigenvalue weighted by molar-refractivity contribution is 0.0772. The molecule has 1 saturated heterocycles. The number of likely N-dealkylation sites (tertiary alicyclic amines) is 1. The number of carbonyl (C=O) groups excluding carboxylic acids is 1. The summed E-state index contributed by atoms with van der Waals surface area (Å²) in [6.07, 6.45) is 2.04. The molecule has 29 heavy (non-hydrogen) atoms. The third-order valence-corrected chi connectivity index (χ3v) is 5.58. The lowest BCUT2D eigenvalue weighted by Crippen LogP contribution is -2.32. The second kappa shape index (κ2) is 7.71. The molecule has 0 aromatic carbocycles. The summed E-state index contributed by atoms with van der Waals surface area (Å²) in [5, 5.41) is 3.84. The number of thiophene rings is 1. The maximum Gasteiger partial charge on any atom is 0.339 e. The zero-order chi connectivity index (χ0) is 20.5. The van der Waals surface area contributed by atoms with Gasteiger partial charge in [-0.1, -0.05) is 0 Å². The maximum absolute atomic E-state index is 13.2. The number of aryl methyl sites for hydroxylation is 2. The third-order valence-electron chi connectivity index (χ3n) is 4.89. The van der Waals surface area contributed by atoms with Gasteiger partial charge in [0.2, 0.25) is 0 Å². The number of carbonyl (C=O) groups is 1. The molecule has 4 rings (SSSR count). The molecule has 1 unspecified atom stereocenters. The standard InChI is InChI=1S/C21H20N2O5S/c1-13-7-16(8-20(25)27-13)28-15-3-5-23(10-15)21(26)18-11-22(2)19(24)9-17(18)14-4-6-29-12-14/h4,6-9,11-12,15H,3,5,10H2,1-2H3. The molecule has 1 aliphatic heterocycles. The average molecular weight is 412 g/mol. The van der Waals surface area contributed by atoms with Crippen molar-refractivity contribution in [3.05, 3.63) is 73.3 Å². The highest BCUT2D eigenvalue weighted by Crippen LogP contribution is 2.27. The quantitative estimate of drug-likeness (QED) is 0.658. The molecule has 3 aromatic rings. The Bertz CT molecular complexity index is 1160. The largest absolute Gasteiger partial charge is 0.488 e. The minimum Gasteiger partial charge on any atom is -0.488 e. The zero-order valence-corrected chi connectivity index (χ0v) is 16.9. The van der Waals surface area contributed by atoms with Gasteiger partial charge in [-0.05, 0) is 29.3 Å². The predicted molar refractivity (Wildman–Crippen MR) is 110 cm³/mol. The molecule has 4 heterocycles. The van der Waals surface area contributed by atoms with Crippen LogP contribution in [0.2, 0.25) is 0 Å². The minimum absolute atomic E-state index is 0.142. The van der Waals surface area contributed by atoms with Crippen LogP contribution in [-0.2, 0) is 7.05 Å². The van der Waals surface area contributed by atoms with Crippen LogP contribution in [0.3, 0.4) is 0 Å². The van der Waals surface area contributed by atoms with Crippen LogP contribution in [0.1, 0.15) is 22.5 Å². The van der Waals surface area contributed by atoms with Gasteiger partial charge in [-0.2, -0.15) is 11.3 Å². The molecule has 0 spiro atoms. The van der Waals surface area contributed by atoms with Crippen molar-refractivity contribution in [2.75, 3.05) is 13.1 Å². The topological polar surface area (TPSA) is 81.8 Å². The highest BCUT2D eigenvalue weighted by atomic mass is 32.1. The SMILES string of the molecule is Cc1cc(OC2CCN(C(=O)c3cn(C)c(=O)cc3-c3ccsc3)C2)cc(=O)o1. The van der Waals surface area contributed by atoms with Crippen LogP contribution < -0.4 is 15.9 Å². The lowest BCUT2D eigenvalue weighted by atomic mass is 10.0. The van der Waals surface area contributed by atoms with E-state index >= 15 is 0 Å². The maximum atomic E-state index is 13.2. The van der Waals surface area contributed by atoms with Gasteiger partial charge in [0.05, 0.1) is 18.2 Å². The van der Waals surface area contributed by atoms with E-state index in [0.717, 1.165) is 5.56 Å². The first-order valence-electron chi connectivity index (χ1n) is 9.21. The van der Waals surface area contributed by atoms with Crippen LogP contribution in [-0.4, -0.2) is 34.6 Å². The number of amides is 1. The Balaban J connectivity index is 1.56. The second-order valence-corrected chi connectivity index (χ2v) is 7.84. The van der Waals surface area contributed by atoms with E-state index < -0.39 is 5.63 Å². The third kappa shape index (κ3) is 4.02. The van der Waals surface area contributed by atoms with E-state index in [2.05, 4.69) is 0 Å². The molecule has 1 fully saturated rings. The van der Waals surface area contributed by atoms with E-state index in [1.54, 1.807) is 31.1 Å². The van der Waals surface area contributed by atoms with Crippen LogP contribution in [0.25, 0.3) is 11.1 Å². The number of pyridine rings is 1. The van der Waals surface area contributed by atoms with Crippen LogP contribution in [0.4, 0.5) is 0 Å². The number of nitrogens with zero attached hydrogens (tertiary/aromatic N) is 2. The van der Waals surface area contributed by atoms with Gasteiger partial charge < -0.3 is 18.6 Å². The number of rotatable bonds is 4. The normalized spacial score (nSPS) is 16.2. The van der Waals surface area contributed by atoms with Gasteiger partial charge in [-0.15, -0.1) is 0 Å². The van der Waals surface area contributed by atoms with Crippen molar-refractivity contribution in [3.8, 4) is 16.9 Å². The molecule has 1 atom stereocenters. The summed E-state index contributed by atoms with van der Waals surface area (Å²) in [7, 11) is 1.63.